The largest absolute Gasteiger partial charge is 0.350 e. The minimum atomic E-state index is -0.234. The Hall–Kier alpha value is -1.16. The molecule has 1 aromatic heterocycles. The monoisotopic (exact) mass is 241 g/mol. The standard InChI is InChI=1S/C11H16ClN3O/c1-7(2)8(3)4-14-11(16)9-5-13-6-10(12)15-9/h5-8H,4H2,1-3H3,(H,14,16). The van der Waals surface area contributed by atoms with Gasteiger partial charge in [0.05, 0.1) is 12.4 Å². The number of nitrogens with one attached hydrogen (secondary N) is 1. The Morgan fingerprint density at radius 1 is 1.44 bits per heavy atom. The highest BCUT2D eigenvalue weighted by Crippen LogP contribution is 2.08. The van der Waals surface area contributed by atoms with Gasteiger partial charge in [-0.3, -0.25) is 9.78 Å². The summed E-state index contributed by atoms with van der Waals surface area (Å²) >= 11 is 5.65. The fourth-order valence-electron chi connectivity index (χ4n) is 1.03. The van der Waals surface area contributed by atoms with Crippen molar-refractivity contribution in [3.8, 4) is 0 Å². The molecule has 1 atom stereocenters. The van der Waals surface area contributed by atoms with Gasteiger partial charge >= 0.3 is 0 Å². The van der Waals surface area contributed by atoms with Crippen molar-refractivity contribution in [1.29, 1.82) is 0 Å². The lowest BCUT2D eigenvalue weighted by Gasteiger charge is -2.15. The van der Waals surface area contributed by atoms with Crippen molar-refractivity contribution in [2.24, 2.45) is 11.8 Å². The summed E-state index contributed by atoms with van der Waals surface area (Å²) in [4.78, 5) is 19.4. The summed E-state index contributed by atoms with van der Waals surface area (Å²) < 4.78 is 0. The number of nitrogens with zero attached hydrogens (tertiary/aromatic N) is 2. The highest BCUT2D eigenvalue weighted by Gasteiger charge is 2.11. The lowest BCUT2D eigenvalue weighted by molar-refractivity contribution is 0.0939. The van der Waals surface area contributed by atoms with Gasteiger partial charge in [0.2, 0.25) is 0 Å². The molecule has 5 heteroatoms. The van der Waals surface area contributed by atoms with Gasteiger partial charge in [-0.15, -0.1) is 0 Å². The van der Waals surface area contributed by atoms with Gasteiger partial charge in [0.25, 0.3) is 5.91 Å². The summed E-state index contributed by atoms with van der Waals surface area (Å²) in [6.07, 6.45) is 2.80. The molecule has 1 heterocycles. The number of carbonyl (C=O) groups excluding carboxylic acids is 1. The summed E-state index contributed by atoms with van der Waals surface area (Å²) in [6, 6.07) is 0. The Bertz CT molecular complexity index is 368. The van der Waals surface area contributed by atoms with Crippen LogP contribution in [0, 0.1) is 11.8 Å². The zero-order valence-corrected chi connectivity index (χ0v) is 10.5. The molecule has 1 amide bonds. The molecule has 0 saturated heterocycles. The van der Waals surface area contributed by atoms with E-state index in [2.05, 4.69) is 36.1 Å². The number of amides is 1. The van der Waals surface area contributed by atoms with Gasteiger partial charge < -0.3 is 5.32 Å². The van der Waals surface area contributed by atoms with Crippen LogP contribution in [0.5, 0.6) is 0 Å². The highest BCUT2D eigenvalue weighted by molar-refractivity contribution is 6.29. The first-order valence-electron chi connectivity index (χ1n) is 5.26. The number of halogens is 1. The summed E-state index contributed by atoms with van der Waals surface area (Å²) in [5.74, 6) is 0.726. The van der Waals surface area contributed by atoms with Crippen LogP contribution in [0.25, 0.3) is 0 Å². The number of aromatic nitrogens is 2. The molecule has 0 aliphatic heterocycles. The molecule has 0 saturated carbocycles. The van der Waals surface area contributed by atoms with Crippen molar-refractivity contribution in [1.82, 2.24) is 15.3 Å². The van der Waals surface area contributed by atoms with E-state index in [1.54, 1.807) is 0 Å². The first-order valence-corrected chi connectivity index (χ1v) is 5.64. The van der Waals surface area contributed by atoms with E-state index in [4.69, 9.17) is 11.6 Å². The summed E-state index contributed by atoms with van der Waals surface area (Å²) in [5.41, 5.74) is 0.253. The maximum Gasteiger partial charge on any atom is 0.271 e. The van der Waals surface area contributed by atoms with E-state index in [-0.39, 0.29) is 16.8 Å². The second kappa shape index (κ2) is 5.80. The predicted octanol–water partition coefficient (Wildman–Crippen LogP) is 2.15. The number of carbonyl (C=O) groups is 1. The fraction of sp³-hybridized carbons (Fsp3) is 0.545. The molecule has 1 rings (SSSR count). The second-order valence-electron chi connectivity index (χ2n) is 4.16. The van der Waals surface area contributed by atoms with Crippen molar-refractivity contribution < 1.29 is 4.79 Å². The van der Waals surface area contributed by atoms with Crippen molar-refractivity contribution >= 4 is 17.5 Å². The SMILES string of the molecule is CC(C)C(C)CNC(=O)c1cncc(Cl)n1. The van der Waals surface area contributed by atoms with Gasteiger partial charge in [-0.25, -0.2) is 4.98 Å². The van der Waals surface area contributed by atoms with Gasteiger partial charge in [-0.1, -0.05) is 32.4 Å². The summed E-state index contributed by atoms with van der Waals surface area (Å²) in [5, 5.41) is 3.03. The van der Waals surface area contributed by atoms with Crippen molar-refractivity contribution in [2.75, 3.05) is 6.54 Å². The van der Waals surface area contributed by atoms with Crippen LogP contribution in [-0.2, 0) is 0 Å². The van der Waals surface area contributed by atoms with E-state index in [1.807, 2.05) is 0 Å². The maximum absolute atomic E-state index is 11.7. The van der Waals surface area contributed by atoms with Crippen LogP contribution in [0.3, 0.4) is 0 Å². The number of hydrogen-bond acceptors (Lipinski definition) is 3. The van der Waals surface area contributed by atoms with Gasteiger partial charge in [0, 0.05) is 6.54 Å². The third-order valence-electron chi connectivity index (χ3n) is 2.56. The Morgan fingerprint density at radius 2 is 2.12 bits per heavy atom. The van der Waals surface area contributed by atoms with E-state index >= 15 is 0 Å². The van der Waals surface area contributed by atoms with Crippen LogP contribution in [0.15, 0.2) is 12.4 Å². The smallest absolute Gasteiger partial charge is 0.271 e. The Kier molecular flexibility index (Phi) is 4.68. The normalized spacial score (nSPS) is 12.6. The topological polar surface area (TPSA) is 54.9 Å². The van der Waals surface area contributed by atoms with E-state index < -0.39 is 0 Å². The average molecular weight is 242 g/mol. The molecule has 0 spiro atoms. The molecule has 1 N–H and O–H groups in total. The van der Waals surface area contributed by atoms with Crippen LogP contribution >= 0.6 is 11.6 Å². The number of rotatable bonds is 4. The molecule has 1 aromatic rings. The van der Waals surface area contributed by atoms with Crippen molar-refractivity contribution in [2.45, 2.75) is 20.8 Å². The minimum absolute atomic E-state index is 0.226. The molecular formula is C11H16ClN3O. The first kappa shape index (κ1) is 12.9. The molecular weight excluding hydrogens is 226 g/mol. The van der Waals surface area contributed by atoms with Crippen LogP contribution in [0.2, 0.25) is 5.15 Å². The molecule has 0 radical (unpaired) electrons. The van der Waals surface area contributed by atoms with Gasteiger partial charge in [0.1, 0.15) is 10.8 Å². The Labute approximate surface area is 100 Å². The van der Waals surface area contributed by atoms with Crippen LogP contribution in [0.4, 0.5) is 0 Å². The van der Waals surface area contributed by atoms with Crippen LogP contribution in [0.1, 0.15) is 31.3 Å². The average Bonchev–Trinajstić information content (AvgIpc) is 2.25. The highest BCUT2D eigenvalue weighted by atomic mass is 35.5. The zero-order valence-electron chi connectivity index (χ0n) is 9.70. The van der Waals surface area contributed by atoms with Crippen molar-refractivity contribution in [3.05, 3.63) is 23.2 Å². The zero-order chi connectivity index (χ0) is 12.1. The van der Waals surface area contributed by atoms with Crippen LogP contribution < -0.4 is 5.32 Å². The lowest BCUT2D eigenvalue weighted by Crippen LogP contribution is -2.30. The minimum Gasteiger partial charge on any atom is -0.350 e. The molecule has 0 aliphatic rings. The molecule has 0 aromatic carbocycles. The first-order chi connectivity index (χ1) is 7.50. The van der Waals surface area contributed by atoms with Gasteiger partial charge in [-0.2, -0.15) is 0 Å². The Morgan fingerprint density at radius 3 is 2.69 bits per heavy atom. The van der Waals surface area contributed by atoms with E-state index in [0.717, 1.165) is 0 Å². The Balaban J connectivity index is 2.53. The maximum atomic E-state index is 11.7. The van der Waals surface area contributed by atoms with Crippen molar-refractivity contribution in [3.63, 3.8) is 0 Å². The lowest BCUT2D eigenvalue weighted by atomic mass is 9.98. The predicted molar refractivity (Wildman–Crippen MR) is 63.4 cm³/mol. The molecule has 16 heavy (non-hydrogen) atoms. The molecule has 4 nitrogen and oxygen atoms in total. The van der Waals surface area contributed by atoms with Gasteiger partial charge in [0.15, 0.2) is 0 Å². The molecule has 1 unspecified atom stereocenters. The van der Waals surface area contributed by atoms with E-state index in [0.29, 0.717) is 18.4 Å². The van der Waals surface area contributed by atoms with E-state index in [1.165, 1.54) is 12.4 Å². The molecule has 88 valence electrons. The molecule has 0 aliphatic carbocycles. The summed E-state index contributed by atoms with van der Waals surface area (Å²) in [6.45, 7) is 6.96. The fourth-order valence-corrected chi connectivity index (χ4v) is 1.18. The third kappa shape index (κ3) is 3.77. The number of hydrogen-bond donors (Lipinski definition) is 1. The quantitative estimate of drug-likeness (QED) is 0.879. The second-order valence-corrected chi connectivity index (χ2v) is 4.55. The van der Waals surface area contributed by atoms with Gasteiger partial charge in [-0.05, 0) is 11.8 Å². The molecule has 0 bridgehead atoms. The van der Waals surface area contributed by atoms with E-state index in [9.17, 15) is 4.79 Å². The summed E-state index contributed by atoms with van der Waals surface area (Å²) in [7, 11) is 0. The van der Waals surface area contributed by atoms with Crippen LogP contribution in [-0.4, -0.2) is 22.4 Å². The third-order valence-corrected chi connectivity index (χ3v) is 2.74. The molecule has 0 fully saturated rings.